The van der Waals surface area contributed by atoms with Crippen LogP contribution in [0, 0.1) is 0 Å². The maximum atomic E-state index is 4.42. The molecule has 1 aromatic rings. The molecule has 1 aliphatic heterocycles. The number of thioether (sulfide) groups is 1. The number of nitrogens with one attached hydrogen (secondary N) is 1. The molecule has 0 amide bonds. The van der Waals surface area contributed by atoms with E-state index in [1.54, 1.807) is 0 Å². The summed E-state index contributed by atoms with van der Waals surface area (Å²) in [5.41, 5.74) is 0. The minimum absolute atomic E-state index is 0.500. The van der Waals surface area contributed by atoms with Gasteiger partial charge in [-0.3, -0.25) is 0 Å². The van der Waals surface area contributed by atoms with E-state index in [0.29, 0.717) is 12.1 Å². The average molecular weight is 239 g/mol. The molecule has 0 unspecified atom stereocenters. The molecular weight excluding hydrogens is 218 g/mol. The first-order chi connectivity index (χ1) is 7.77. The summed E-state index contributed by atoms with van der Waals surface area (Å²) in [6.45, 7) is 5.29. The molecule has 2 rings (SSSR count). The van der Waals surface area contributed by atoms with Crippen LogP contribution in [0.4, 0.5) is 0 Å². The lowest BCUT2D eigenvalue weighted by Gasteiger charge is -2.22. The van der Waals surface area contributed by atoms with Crippen LogP contribution in [0.3, 0.4) is 0 Å². The van der Waals surface area contributed by atoms with Crippen molar-refractivity contribution in [2.75, 3.05) is 11.5 Å². The van der Waals surface area contributed by atoms with Crippen molar-refractivity contribution < 1.29 is 0 Å². The van der Waals surface area contributed by atoms with Crippen LogP contribution >= 0.6 is 11.8 Å². The second kappa shape index (κ2) is 5.73. The summed E-state index contributed by atoms with van der Waals surface area (Å²) in [6.07, 6.45) is 6.63. The Morgan fingerprint density at radius 1 is 1.62 bits per heavy atom. The standard InChI is InChI=1S/C12H21N3S/c1-10(2)15-6-5-13-12(15)8-14-11-4-3-7-16-9-11/h5-6,10-11,14H,3-4,7-9H2,1-2H3/t11-/m1/s1. The van der Waals surface area contributed by atoms with Crippen molar-refractivity contribution >= 4 is 11.8 Å². The van der Waals surface area contributed by atoms with Gasteiger partial charge in [0.1, 0.15) is 5.82 Å². The highest BCUT2D eigenvalue weighted by molar-refractivity contribution is 7.99. The van der Waals surface area contributed by atoms with Gasteiger partial charge in [-0.05, 0) is 32.4 Å². The van der Waals surface area contributed by atoms with E-state index >= 15 is 0 Å². The molecule has 90 valence electrons. The van der Waals surface area contributed by atoms with Gasteiger partial charge in [-0.2, -0.15) is 11.8 Å². The van der Waals surface area contributed by atoms with Gasteiger partial charge in [-0.1, -0.05) is 0 Å². The predicted octanol–water partition coefficient (Wildman–Crippen LogP) is 2.45. The maximum Gasteiger partial charge on any atom is 0.122 e. The average Bonchev–Trinajstić information content (AvgIpc) is 2.76. The molecule has 1 fully saturated rings. The Labute approximate surface area is 102 Å². The van der Waals surface area contributed by atoms with Gasteiger partial charge in [0.05, 0.1) is 6.54 Å². The molecular formula is C12H21N3S. The first-order valence-corrected chi connectivity index (χ1v) is 7.25. The van der Waals surface area contributed by atoms with Gasteiger partial charge in [-0.25, -0.2) is 4.98 Å². The number of rotatable bonds is 4. The minimum Gasteiger partial charge on any atom is -0.331 e. The molecule has 16 heavy (non-hydrogen) atoms. The predicted molar refractivity (Wildman–Crippen MR) is 69.8 cm³/mol. The molecule has 1 N–H and O–H groups in total. The van der Waals surface area contributed by atoms with E-state index < -0.39 is 0 Å². The van der Waals surface area contributed by atoms with Crippen molar-refractivity contribution in [3.05, 3.63) is 18.2 Å². The van der Waals surface area contributed by atoms with Crippen LogP contribution < -0.4 is 5.32 Å². The highest BCUT2D eigenvalue weighted by atomic mass is 32.2. The van der Waals surface area contributed by atoms with E-state index in [2.05, 4.69) is 46.7 Å². The quantitative estimate of drug-likeness (QED) is 0.875. The first-order valence-electron chi connectivity index (χ1n) is 6.10. The molecule has 0 radical (unpaired) electrons. The van der Waals surface area contributed by atoms with Crippen molar-refractivity contribution in [3.63, 3.8) is 0 Å². The summed E-state index contributed by atoms with van der Waals surface area (Å²) in [5.74, 6) is 3.74. The zero-order valence-corrected chi connectivity index (χ0v) is 11.0. The van der Waals surface area contributed by atoms with E-state index in [1.807, 2.05) is 6.20 Å². The molecule has 1 aromatic heterocycles. The number of imidazole rings is 1. The lowest BCUT2D eigenvalue weighted by molar-refractivity contribution is 0.476. The Hall–Kier alpha value is -0.480. The Kier molecular flexibility index (Phi) is 4.29. The molecule has 3 nitrogen and oxygen atoms in total. The van der Waals surface area contributed by atoms with Gasteiger partial charge < -0.3 is 9.88 Å². The SMILES string of the molecule is CC(C)n1ccnc1CN[C@@H]1CCCSC1. The normalized spacial score (nSPS) is 21.6. The van der Waals surface area contributed by atoms with Crippen LogP contribution in [-0.2, 0) is 6.54 Å². The van der Waals surface area contributed by atoms with Gasteiger partial charge >= 0.3 is 0 Å². The van der Waals surface area contributed by atoms with Crippen LogP contribution in [0.5, 0.6) is 0 Å². The molecule has 4 heteroatoms. The molecule has 0 aliphatic carbocycles. The fourth-order valence-corrected chi connectivity index (χ4v) is 3.19. The molecule has 2 heterocycles. The van der Waals surface area contributed by atoms with Crippen LogP contribution in [-0.4, -0.2) is 27.1 Å². The Morgan fingerprint density at radius 3 is 3.19 bits per heavy atom. The molecule has 0 aromatic carbocycles. The van der Waals surface area contributed by atoms with Crippen LogP contribution in [0.25, 0.3) is 0 Å². The van der Waals surface area contributed by atoms with Crippen LogP contribution in [0.1, 0.15) is 38.6 Å². The Morgan fingerprint density at radius 2 is 2.50 bits per heavy atom. The van der Waals surface area contributed by atoms with Gasteiger partial charge in [0.15, 0.2) is 0 Å². The van der Waals surface area contributed by atoms with Crippen molar-refractivity contribution in [2.24, 2.45) is 0 Å². The van der Waals surface area contributed by atoms with E-state index in [-0.39, 0.29) is 0 Å². The minimum atomic E-state index is 0.500. The third kappa shape index (κ3) is 3.01. The lowest BCUT2D eigenvalue weighted by Crippen LogP contribution is -2.34. The largest absolute Gasteiger partial charge is 0.331 e. The van der Waals surface area contributed by atoms with E-state index in [0.717, 1.165) is 12.4 Å². The van der Waals surface area contributed by atoms with Crippen molar-refractivity contribution in [1.82, 2.24) is 14.9 Å². The van der Waals surface area contributed by atoms with E-state index in [4.69, 9.17) is 0 Å². The number of hydrogen-bond donors (Lipinski definition) is 1. The second-order valence-corrected chi connectivity index (χ2v) is 5.79. The lowest BCUT2D eigenvalue weighted by atomic mass is 10.2. The maximum absolute atomic E-state index is 4.42. The fourth-order valence-electron chi connectivity index (χ4n) is 2.09. The smallest absolute Gasteiger partial charge is 0.122 e. The number of hydrogen-bond acceptors (Lipinski definition) is 3. The van der Waals surface area contributed by atoms with Crippen molar-refractivity contribution in [1.29, 1.82) is 0 Å². The molecule has 0 spiro atoms. The number of aromatic nitrogens is 2. The van der Waals surface area contributed by atoms with Crippen LogP contribution in [0.2, 0.25) is 0 Å². The first kappa shape index (κ1) is 12.0. The monoisotopic (exact) mass is 239 g/mol. The molecule has 1 atom stereocenters. The van der Waals surface area contributed by atoms with Gasteiger partial charge in [0.25, 0.3) is 0 Å². The highest BCUT2D eigenvalue weighted by Crippen LogP contribution is 2.17. The summed E-state index contributed by atoms with van der Waals surface area (Å²) in [7, 11) is 0. The van der Waals surface area contributed by atoms with Gasteiger partial charge in [-0.15, -0.1) is 0 Å². The van der Waals surface area contributed by atoms with Gasteiger partial charge in [0.2, 0.25) is 0 Å². The van der Waals surface area contributed by atoms with Gasteiger partial charge in [0, 0.05) is 30.2 Å². The molecule has 1 aliphatic rings. The van der Waals surface area contributed by atoms with E-state index in [9.17, 15) is 0 Å². The van der Waals surface area contributed by atoms with E-state index in [1.165, 1.54) is 24.3 Å². The van der Waals surface area contributed by atoms with Crippen molar-refractivity contribution in [3.8, 4) is 0 Å². The third-order valence-electron chi connectivity index (χ3n) is 3.01. The zero-order chi connectivity index (χ0) is 11.4. The molecule has 0 bridgehead atoms. The van der Waals surface area contributed by atoms with Crippen molar-refractivity contribution in [2.45, 2.75) is 45.3 Å². The Bertz CT molecular complexity index is 316. The summed E-state index contributed by atoms with van der Waals surface area (Å²) >= 11 is 2.06. The summed E-state index contributed by atoms with van der Waals surface area (Å²) in [5, 5.41) is 3.62. The number of nitrogens with zero attached hydrogens (tertiary/aromatic N) is 2. The Balaban J connectivity index is 1.86. The summed E-state index contributed by atoms with van der Waals surface area (Å²) < 4.78 is 2.24. The van der Waals surface area contributed by atoms with Crippen LogP contribution in [0.15, 0.2) is 12.4 Å². The zero-order valence-electron chi connectivity index (χ0n) is 10.1. The summed E-state index contributed by atoms with van der Waals surface area (Å²) in [6, 6.07) is 1.18. The summed E-state index contributed by atoms with van der Waals surface area (Å²) in [4.78, 5) is 4.42. The second-order valence-electron chi connectivity index (χ2n) is 4.64. The fraction of sp³-hybridized carbons (Fsp3) is 0.750. The molecule has 1 saturated heterocycles. The highest BCUT2D eigenvalue weighted by Gasteiger charge is 2.14. The topological polar surface area (TPSA) is 29.9 Å². The molecule has 0 saturated carbocycles. The third-order valence-corrected chi connectivity index (χ3v) is 4.23.